The lowest BCUT2D eigenvalue weighted by Crippen LogP contribution is -2.19. The first-order valence-corrected chi connectivity index (χ1v) is 11.7. The molecule has 0 bridgehead atoms. The molecule has 8 nitrogen and oxygen atoms in total. The van der Waals surface area contributed by atoms with Crippen molar-refractivity contribution in [1.29, 1.82) is 0 Å². The van der Waals surface area contributed by atoms with Crippen LogP contribution in [0.25, 0.3) is 10.9 Å². The smallest absolute Gasteiger partial charge is 0.285 e. The zero-order valence-corrected chi connectivity index (χ0v) is 19.6. The van der Waals surface area contributed by atoms with Gasteiger partial charge >= 0.3 is 0 Å². The maximum absolute atomic E-state index is 11.9. The Morgan fingerprint density at radius 3 is 2.61 bits per heavy atom. The minimum atomic E-state index is -0.390. The second kappa shape index (κ2) is 8.63. The summed E-state index contributed by atoms with van der Waals surface area (Å²) in [6.45, 7) is 1.95. The second-order valence-electron chi connectivity index (χ2n) is 9.43. The highest BCUT2D eigenvalue weighted by molar-refractivity contribution is 5.93. The van der Waals surface area contributed by atoms with Crippen molar-refractivity contribution in [2.24, 2.45) is 11.3 Å². The van der Waals surface area contributed by atoms with Crippen LogP contribution in [0, 0.1) is 33.3 Å². The van der Waals surface area contributed by atoms with E-state index in [-0.39, 0.29) is 11.1 Å². The number of rotatable bonds is 5. The number of nitro benzene ring substituents is 1. The maximum Gasteiger partial charge on any atom is 0.285 e. The van der Waals surface area contributed by atoms with E-state index in [0.717, 1.165) is 30.9 Å². The van der Waals surface area contributed by atoms with Crippen LogP contribution in [0.2, 0.25) is 0 Å². The Bertz CT molecular complexity index is 1530. The molecule has 3 aromatic carbocycles. The van der Waals surface area contributed by atoms with Gasteiger partial charge in [-0.25, -0.2) is 9.97 Å². The molecule has 1 aromatic heterocycles. The van der Waals surface area contributed by atoms with Crippen LogP contribution in [0.1, 0.15) is 12.0 Å². The number of para-hydroxylation sites is 1. The SMILES string of the molecule is CN1C[C@H]2C[C@@]2(C#Cc2cc3ncnc(Nc4ccc(Oc5ccccc5)cc4)c3cc2[N+](=O)[O-])C1. The van der Waals surface area contributed by atoms with Gasteiger partial charge < -0.3 is 15.0 Å². The first-order valence-electron chi connectivity index (χ1n) is 11.7. The Morgan fingerprint density at radius 1 is 1.11 bits per heavy atom. The van der Waals surface area contributed by atoms with Crippen molar-refractivity contribution in [2.45, 2.75) is 6.42 Å². The number of hydrogen-bond donors (Lipinski definition) is 1. The molecule has 2 atom stereocenters. The van der Waals surface area contributed by atoms with E-state index in [2.05, 4.69) is 39.1 Å². The fraction of sp³-hybridized carbons (Fsp3) is 0.214. The molecular weight excluding hydrogens is 454 g/mol. The molecule has 2 aliphatic rings. The molecular formula is C28H23N5O3. The van der Waals surface area contributed by atoms with Gasteiger partial charge in [0.25, 0.3) is 5.69 Å². The summed E-state index contributed by atoms with van der Waals surface area (Å²) in [5.41, 5.74) is 1.69. The van der Waals surface area contributed by atoms with E-state index < -0.39 is 4.92 Å². The van der Waals surface area contributed by atoms with Gasteiger partial charge in [0.2, 0.25) is 0 Å². The summed E-state index contributed by atoms with van der Waals surface area (Å²) in [5, 5.41) is 15.7. The molecule has 2 heterocycles. The lowest BCUT2D eigenvalue weighted by atomic mass is 10.0. The normalized spacial score (nSPS) is 20.3. The summed E-state index contributed by atoms with van der Waals surface area (Å²) in [6, 6.07) is 20.2. The maximum atomic E-state index is 11.9. The first-order chi connectivity index (χ1) is 17.5. The van der Waals surface area contributed by atoms with Crippen LogP contribution in [-0.2, 0) is 0 Å². The van der Waals surface area contributed by atoms with E-state index in [1.54, 1.807) is 6.07 Å². The summed E-state index contributed by atoms with van der Waals surface area (Å²) in [6.07, 6.45) is 2.51. The average Bonchev–Trinajstić information content (AvgIpc) is 3.44. The van der Waals surface area contributed by atoms with Crippen molar-refractivity contribution in [3.05, 3.63) is 88.7 Å². The molecule has 0 spiro atoms. The molecule has 178 valence electrons. The summed E-state index contributed by atoms with van der Waals surface area (Å²) < 4.78 is 5.84. The van der Waals surface area contributed by atoms with Gasteiger partial charge in [-0.2, -0.15) is 0 Å². The van der Waals surface area contributed by atoms with Crippen molar-refractivity contribution in [3.63, 3.8) is 0 Å². The number of benzene rings is 3. The van der Waals surface area contributed by atoms with E-state index in [0.29, 0.717) is 34.0 Å². The number of nitrogens with zero attached hydrogens (tertiary/aromatic N) is 4. The Kier molecular flexibility index (Phi) is 5.28. The van der Waals surface area contributed by atoms with Crippen LogP contribution in [-0.4, -0.2) is 39.9 Å². The minimum Gasteiger partial charge on any atom is -0.457 e. The minimum absolute atomic E-state index is 0.0215. The van der Waals surface area contributed by atoms with Crippen molar-refractivity contribution in [3.8, 4) is 23.3 Å². The molecule has 4 aromatic rings. The number of anilines is 2. The van der Waals surface area contributed by atoms with Crippen molar-refractivity contribution < 1.29 is 9.66 Å². The fourth-order valence-electron chi connectivity index (χ4n) is 4.93. The predicted octanol–water partition coefficient (Wildman–Crippen LogP) is 5.38. The van der Waals surface area contributed by atoms with Gasteiger partial charge in [0.1, 0.15) is 29.2 Å². The number of piperidine rings is 1. The summed E-state index contributed by atoms with van der Waals surface area (Å²) in [7, 11) is 2.09. The summed E-state index contributed by atoms with van der Waals surface area (Å²) >= 11 is 0. The molecule has 1 N–H and O–H groups in total. The third-order valence-electron chi connectivity index (χ3n) is 6.81. The predicted molar refractivity (Wildman–Crippen MR) is 137 cm³/mol. The Balaban J connectivity index is 1.28. The first kappa shape index (κ1) is 22.0. The number of aromatic nitrogens is 2. The third kappa shape index (κ3) is 4.21. The number of hydrogen-bond acceptors (Lipinski definition) is 7. The highest BCUT2D eigenvalue weighted by atomic mass is 16.6. The van der Waals surface area contributed by atoms with Crippen molar-refractivity contribution >= 4 is 28.1 Å². The fourth-order valence-corrected chi connectivity index (χ4v) is 4.93. The number of nitro groups is 1. The van der Waals surface area contributed by atoms with Crippen LogP contribution >= 0.6 is 0 Å². The molecule has 1 saturated carbocycles. The van der Waals surface area contributed by atoms with E-state index in [1.807, 2.05) is 54.6 Å². The second-order valence-corrected chi connectivity index (χ2v) is 9.43. The molecule has 0 amide bonds. The van der Waals surface area contributed by atoms with Crippen molar-refractivity contribution in [2.75, 3.05) is 25.5 Å². The van der Waals surface area contributed by atoms with Gasteiger partial charge in [0, 0.05) is 35.6 Å². The van der Waals surface area contributed by atoms with E-state index in [1.165, 1.54) is 12.4 Å². The van der Waals surface area contributed by atoms with E-state index in [9.17, 15) is 10.1 Å². The highest BCUT2D eigenvalue weighted by Crippen LogP contribution is 2.57. The molecule has 2 fully saturated rings. The third-order valence-corrected chi connectivity index (χ3v) is 6.81. The lowest BCUT2D eigenvalue weighted by molar-refractivity contribution is -0.385. The molecule has 0 unspecified atom stereocenters. The molecule has 1 aliphatic heterocycles. The van der Waals surface area contributed by atoms with Crippen LogP contribution < -0.4 is 10.1 Å². The molecule has 0 radical (unpaired) electrons. The van der Waals surface area contributed by atoms with Gasteiger partial charge in [0.15, 0.2) is 0 Å². The molecule has 8 heteroatoms. The quantitative estimate of drug-likeness (QED) is 0.234. The van der Waals surface area contributed by atoms with Gasteiger partial charge in [-0.15, -0.1) is 0 Å². The number of likely N-dealkylation sites (tertiary alicyclic amines) is 1. The Hall–Kier alpha value is -4.48. The molecule has 1 saturated heterocycles. The standard InChI is InChI=1S/C28H23N5O3/c1-32-16-20-15-28(20,17-32)12-11-19-13-25-24(14-26(19)33(34)35)27(30-18-29-25)31-21-7-9-23(10-8-21)36-22-5-3-2-4-6-22/h2-10,13-14,18,20H,15-17H2,1H3,(H,29,30,31)/t20-,28+/m1/s1. The Morgan fingerprint density at radius 2 is 1.89 bits per heavy atom. The molecule has 1 aliphatic carbocycles. The zero-order valence-electron chi connectivity index (χ0n) is 19.6. The number of ether oxygens (including phenoxy) is 1. The van der Waals surface area contributed by atoms with E-state index >= 15 is 0 Å². The summed E-state index contributed by atoms with van der Waals surface area (Å²) in [4.78, 5) is 22.5. The zero-order chi connectivity index (χ0) is 24.7. The lowest BCUT2D eigenvalue weighted by Gasteiger charge is -2.11. The number of fused-ring (bicyclic) bond motifs is 2. The van der Waals surface area contributed by atoms with Gasteiger partial charge in [-0.05, 0) is 61.9 Å². The van der Waals surface area contributed by atoms with E-state index in [4.69, 9.17) is 4.74 Å². The topological polar surface area (TPSA) is 93.4 Å². The van der Waals surface area contributed by atoms with Gasteiger partial charge in [0.05, 0.1) is 10.4 Å². The van der Waals surface area contributed by atoms with Crippen LogP contribution in [0.5, 0.6) is 11.5 Å². The van der Waals surface area contributed by atoms with Crippen molar-refractivity contribution in [1.82, 2.24) is 14.9 Å². The number of nitrogens with one attached hydrogen (secondary N) is 1. The van der Waals surface area contributed by atoms with Crippen LogP contribution in [0.15, 0.2) is 73.1 Å². The largest absolute Gasteiger partial charge is 0.457 e. The van der Waals surface area contributed by atoms with Crippen LogP contribution in [0.4, 0.5) is 17.2 Å². The molecule has 36 heavy (non-hydrogen) atoms. The Labute approximate surface area is 208 Å². The summed E-state index contributed by atoms with van der Waals surface area (Å²) in [5.74, 6) is 8.96. The van der Waals surface area contributed by atoms with Crippen LogP contribution in [0.3, 0.4) is 0 Å². The monoisotopic (exact) mass is 477 g/mol. The molecule has 6 rings (SSSR count). The highest BCUT2D eigenvalue weighted by Gasteiger charge is 2.58. The average molecular weight is 478 g/mol. The van der Waals surface area contributed by atoms with Gasteiger partial charge in [-0.3, -0.25) is 10.1 Å². The van der Waals surface area contributed by atoms with Gasteiger partial charge in [-0.1, -0.05) is 30.0 Å².